The van der Waals surface area contributed by atoms with Crippen LogP contribution in [0.2, 0.25) is 0 Å². The van der Waals surface area contributed by atoms with Crippen LogP contribution in [0.4, 0.5) is 4.79 Å². The molecule has 2 aromatic rings. The van der Waals surface area contributed by atoms with Gasteiger partial charge in [-0.25, -0.2) is 4.79 Å². The highest BCUT2D eigenvalue weighted by Crippen LogP contribution is 2.34. The Morgan fingerprint density at radius 1 is 0.925 bits per heavy atom. The van der Waals surface area contributed by atoms with Crippen molar-refractivity contribution in [3.63, 3.8) is 0 Å². The average Bonchev–Trinajstić information content (AvgIpc) is 2.88. The van der Waals surface area contributed by atoms with Crippen LogP contribution in [0.1, 0.15) is 89.3 Å². The number of amides is 3. The zero-order chi connectivity index (χ0) is 28.7. The molecule has 0 aliphatic heterocycles. The number of carbonyl (C=O) groups is 3. The molecule has 4 rings (SSSR count). The second kappa shape index (κ2) is 13.2. The first kappa shape index (κ1) is 29.4. The molecule has 8 nitrogen and oxygen atoms in total. The molecule has 2 aliphatic carbocycles. The van der Waals surface area contributed by atoms with E-state index in [9.17, 15) is 19.5 Å². The molecular weight excluding hydrogens is 506 g/mol. The number of benzene rings is 2. The van der Waals surface area contributed by atoms with E-state index >= 15 is 0 Å². The fraction of sp³-hybridized carbons (Fsp3) is 0.531. The molecule has 0 aromatic heterocycles. The molecule has 0 spiro atoms. The number of phenols is 1. The van der Waals surface area contributed by atoms with Crippen LogP contribution in [0.25, 0.3) is 0 Å². The quantitative estimate of drug-likeness (QED) is 0.388. The van der Waals surface area contributed by atoms with Crippen LogP contribution in [-0.2, 0) is 20.7 Å². The highest BCUT2D eigenvalue weighted by Gasteiger charge is 2.42. The van der Waals surface area contributed by atoms with Gasteiger partial charge >= 0.3 is 6.09 Å². The van der Waals surface area contributed by atoms with Crippen LogP contribution in [-0.4, -0.2) is 51.6 Å². The molecular formula is C32H43N3O5. The summed E-state index contributed by atoms with van der Waals surface area (Å²) in [6, 6.07) is 14.2. The number of hydrogen-bond acceptors (Lipinski definition) is 5. The highest BCUT2D eigenvalue weighted by molar-refractivity contribution is 5.92. The topological polar surface area (TPSA) is 108 Å². The van der Waals surface area contributed by atoms with E-state index in [0.29, 0.717) is 0 Å². The number of nitrogens with one attached hydrogen (secondary N) is 2. The van der Waals surface area contributed by atoms with Crippen molar-refractivity contribution in [2.75, 3.05) is 0 Å². The monoisotopic (exact) mass is 549 g/mol. The van der Waals surface area contributed by atoms with Crippen molar-refractivity contribution in [1.82, 2.24) is 15.5 Å². The van der Waals surface area contributed by atoms with Crippen LogP contribution in [0.5, 0.6) is 5.75 Å². The number of alkyl carbamates (subject to hydrolysis) is 1. The molecule has 3 amide bonds. The van der Waals surface area contributed by atoms with Gasteiger partial charge in [0.2, 0.25) is 11.8 Å². The maximum Gasteiger partial charge on any atom is 0.408 e. The molecule has 8 heteroatoms. The Morgan fingerprint density at radius 3 is 2.15 bits per heavy atom. The lowest BCUT2D eigenvalue weighted by atomic mass is 9.87. The van der Waals surface area contributed by atoms with Gasteiger partial charge in [0.1, 0.15) is 23.4 Å². The second-order valence-corrected chi connectivity index (χ2v) is 12.1. The smallest absolute Gasteiger partial charge is 0.408 e. The van der Waals surface area contributed by atoms with Crippen LogP contribution in [0, 0.1) is 0 Å². The van der Waals surface area contributed by atoms with E-state index in [-0.39, 0.29) is 36.1 Å². The number of carbonyl (C=O) groups excluding carboxylic acids is 3. The minimum Gasteiger partial charge on any atom is -0.508 e. The van der Waals surface area contributed by atoms with Gasteiger partial charge in [-0.3, -0.25) is 9.59 Å². The molecule has 3 N–H and O–H groups in total. The first-order valence-electron chi connectivity index (χ1n) is 14.6. The molecule has 0 radical (unpaired) electrons. The maximum atomic E-state index is 14.5. The fourth-order valence-electron chi connectivity index (χ4n) is 5.48. The first-order chi connectivity index (χ1) is 19.1. The predicted molar refractivity (Wildman–Crippen MR) is 154 cm³/mol. The molecule has 40 heavy (non-hydrogen) atoms. The normalized spacial score (nSPS) is 17.7. The highest BCUT2D eigenvalue weighted by atomic mass is 16.6. The van der Waals surface area contributed by atoms with Crippen molar-refractivity contribution in [2.45, 2.75) is 108 Å². The SMILES string of the molecule is CC(C)(C)OC(=O)NC(Cc1ccc(O)cc1)C(=O)N(C1CCC1)C(C(=O)NC1CCCCC1)c1ccccc1. The van der Waals surface area contributed by atoms with Gasteiger partial charge < -0.3 is 25.4 Å². The van der Waals surface area contributed by atoms with E-state index in [1.165, 1.54) is 6.42 Å². The third-order valence-corrected chi connectivity index (χ3v) is 7.68. The predicted octanol–water partition coefficient (Wildman–Crippen LogP) is 5.40. The number of ether oxygens (including phenoxy) is 1. The zero-order valence-electron chi connectivity index (χ0n) is 23.9. The summed E-state index contributed by atoms with van der Waals surface area (Å²) < 4.78 is 5.51. The second-order valence-electron chi connectivity index (χ2n) is 12.1. The van der Waals surface area contributed by atoms with Crippen LogP contribution >= 0.6 is 0 Å². The zero-order valence-corrected chi connectivity index (χ0v) is 23.9. The van der Waals surface area contributed by atoms with Gasteiger partial charge in [-0.05, 0) is 76.1 Å². The Kier molecular flexibility index (Phi) is 9.71. The van der Waals surface area contributed by atoms with E-state index in [0.717, 1.165) is 56.1 Å². The summed E-state index contributed by atoms with van der Waals surface area (Å²) in [5.41, 5.74) is 0.775. The Labute approximate surface area is 237 Å². The van der Waals surface area contributed by atoms with Crippen molar-refractivity contribution in [2.24, 2.45) is 0 Å². The maximum absolute atomic E-state index is 14.5. The minimum atomic E-state index is -0.964. The van der Waals surface area contributed by atoms with Gasteiger partial charge in [0, 0.05) is 18.5 Å². The van der Waals surface area contributed by atoms with Crippen LogP contribution < -0.4 is 10.6 Å². The Bertz CT molecular complexity index is 1140. The summed E-state index contributed by atoms with van der Waals surface area (Å²) >= 11 is 0. The van der Waals surface area contributed by atoms with Gasteiger partial charge in [-0.1, -0.05) is 61.7 Å². The number of phenolic OH excluding ortho intramolecular Hbond substituents is 1. The summed E-state index contributed by atoms with van der Waals surface area (Å²) in [4.78, 5) is 43.1. The standard InChI is InChI=1S/C32H43N3O5/c1-32(2,3)40-31(39)34-27(21-22-17-19-26(36)20-18-22)30(38)35(25-15-10-16-25)28(23-11-6-4-7-12-23)29(37)33-24-13-8-5-9-14-24/h4,6-7,11-12,17-20,24-25,27-28,36H,5,8-10,13-16,21H2,1-3H3,(H,33,37)(H,34,39). The number of aromatic hydroxyl groups is 1. The van der Waals surface area contributed by atoms with Crippen molar-refractivity contribution in [3.05, 3.63) is 65.7 Å². The van der Waals surface area contributed by atoms with Crippen molar-refractivity contribution >= 4 is 17.9 Å². The molecule has 0 bridgehead atoms. The third-order valence-electron chi connectivity index (χ3n) is 7.68. The molecule has 216 valence electrons. The fourth-order valence-corrected chi connectivity index (χ4v) is 5.48. The molecule has 2 unspecified atom stereocenters. The molecule has 2 aliphatic rings. The Hall–Kier alpha value is -3.55. The molecule has 2 atom stereocenters. The van der Waals surface area contributed by atoms with E-state index in [1.807, 2.05) is 30.3 Å². The van der Waals surface area contributed by atoms with Crippen molar-refractivity contribution in [3.8, 4) is 5.75 Å². The molecule has 0 saturated heterocycles. The van der Waals surface area contributed by atoms with Gasteiger partial charge in [0.25, 0.3) is 0 Å². The third kappa shape index (κ3) is 7.99. The van der Waals surface area contributed by atoms with E-state index in [2.05, 4.69) is 10.6 Å². The molecule has 0 heterocycles. The lowest BCUT2D eigenvalue weighted by Crippen LogP contribution is -2.58. The first-order valence-corrected chi connectivity index (χ1v) is 14.6. The van der Waals surface area contributed by atoms with E-state index in [4.69, 9.17) is 4.74 Å². The van der Waals surface area contributed by atoms with E-state index in [1.54, 1.807) is 49.9 Å². The number of nitrogens with zero attached hydrogens (tertiary/aromatic N) is 1. The lowest BCUT2D eigenvalue weighted by molar-refractivity contribution is -0.147. The van der Waals surface area contributed by atoms with Gasteiger partial charge in [-0.15, -0.1) is 0 Å². The number of rotatable bonds is 9. The number of hydrogen-bond donors (Lipinski definition) is 3. The van der Waals surface area contributed by atoms with Gasteiger partial charge in [-0.2, -0.15) is 0 Å². The van der Waals surface area contributed by atoms with E-state index < -0.39 is 23.8 Å². The summed E-state index contributed by atoms with van der Waals surface area (Å²) in [5.74, 6) is -0.387. The molecule has 2 aromatic carbocycles. The summed E-state index contributed by atoms with van der Waals surface area (Å²) in [6.45, 7) is 5.31. The summed E-state index contributed by atoms with van der Waals surface area (Å²) in [5, 5.41) is 15.8. The molecule has 2 fully saturated rings. The Balaban J connectivity index is 1.68. The summed E-state index contributed by atoms with van der Waals surface area (Å²) in [6.07, 6.45) is 7.28. The average molecular weight is 550 g/mol. The molecule has 2 saturated carbocycles. The Morgan fingerprint density at radius 2 is 1.57 bits per heavy atom. The largest absolute Gasteiger partial charge is 0.508 e. The minimum absolute atomic E-state index is 0.0958. The van der Waals surface area contributed by atoms with Gasteiger partial charge in [0.15, 0.2) is 0 Å². The van der Waals surface area contributed by atoms with Crippen molar-refractivity contribution in [1.29, 1.82) is 0 Å². The van der Waals surface area contributed by atoms with Gasteiger partial charge in [0.05, 0.1) is 0 Å². The lowest BCUT2D eigenvalue weighted by Gasteiger charge is -2.44. The van der Waals surface area contributed by atoms with Crippen LogP contribution in [0.15, 0.2) is 54.6 Å². The van der Waals surface area contributed by atoms with Crippen molar-refractivity contribution < 1.29 is 24.2 Å². The summed E-state index contributed by atoms with van der Waals surface area (Å²) in [7, 11) is 0. The van der Waals surface area contributed by atoms with Crippen LogP contribution in [0.3, 0.4) is 0 Å².